The van der Waals surface area contributed by atoms with E-state index in [1.54, 1.807) is 6.92 Å². The Hall–Kier alpha value is -1.44. The Morgan fingerprint density at radius 2 is 2.18 bits per heavy atom. The zero-order valence-electron chi connectivity index (χ0n) is 12.0. The standard InChI is InChI=1S/C15H15NO4S2/c1-7-4-3-5-9(6-7)21-15-11(14(19)20)16-12(18)10(8(2)17)13(16)22-15/h3-6,8,10,13,17H,1-2H3,(H,19,20)/t8-,10+,13-/m1/s1. The third kappa shape index (κ3) is 2.43. The number of carbonyl (C=O) groups is 2. The summed E-state index contributed by atoms with van der Waals surface area (Å²) >= 11 is 2.70. The van der Waals surface area contributed by atoms with Gasteiger partial charge in [-0.2, -0.15) is 0 Å². The smallest absolute Gasteiger partial charge is 0.354 e. The van der Waals surface area contributed by atoms with Gasteiger partial charge < -0.3 is 10.2 Å². The first kappa shape index (κ1) is 15.5. The molecule has 0 radical (unpaired) electrons. The normalized spacial score (nSPS) is 25.0. The molecule has 1 aromatic rings. The summed E-state index contributed by atoms with van der Waals surface area (Å²) < 4.78 is 0.597. The zero-order chi connectivity index (χ0) is 16.0. The summed E-state index contributed by atoms with van der Waals surface area (Å²) in [6, 6.07) is 7.77. The SMILES string of the molecule is Cc1cccc(SC2=C(C(=O)O)N3C(=O)[C@H]([C@@H](C)O)[C@H]3S2)c1. The molecule has 2 N–H and O–H groups in total. The van der Waals surface area contributed by atoms with Gasteiger partial charge in [-0.3, -0.25) is 9.69 Å². The van der Waals surface area contributed by atoms with Crippen LogP contribution in [0.4, 0.5) is 0 Å². The van der Waals surface area contributed by atoms with Crippen molar-refractivity contribution in [2.75, 3.05) is 0 Å². The van der Waals surface area contributed by atoms with Gasteiger partial charge in [-0.05, 0) is 26.0 Å². The number of amides is 1. The molecule has 0 saturated carbocycles. The summed E-state index contributed by atoms with van der Waals surface area (Å²) in [4.78, 5) is 25.9. The minimum Gasteiger partial charge on any atom is -0.477 e. The minimum atomic E-state index is -1.11. The lowest BCUT2D eigenvalue weighted by atomic mass is 9.92. The van der Waals surface area contributed by atoms with Gasteiger partial charge in [0.15, 0.2) is 5.70 Å². The fourth-order valence-electron chi connectivity index (χ4n) is 2.61. The van der Waals surface area contributed by atoms with Crippen molar-refractivity contribution in [2.45, 2.75) is 30.2 Å². The summed E-state index contributed by atoms with van der Waals surface area (Å²) in [5.74, 6) is -1.96. The summed E-state index contributed by atoms with van der Waals surface area (Å²) in [6.07, 6.45) is -0.778. The van der Waals surface area contributed by atoms with Crippen molar-refractivity contribution in [2.24, 2.45) is 5.92 Å². The molecule has 1 aromatic carbocycles. The average Bonchev–Trinajstić information content (AvgIpc) is 2.73. The van der Waals surface area contributed by atoms with Crippen molar-refractivity contribution in [3.63, 3.8) is 0 Å². The monoisotopic (exact) mass is 337 g/mol. The summed E-state index contributed by atoms with van der Waals surface area (Å²) in [6.45, 7) is 3.53. The van der Waals surface area contributed by atoms with Crippen LogP contribution in [0.1, 0.15) is 12.5 Å². The summed E-state index contributed by atoms with van der Waals surface area (Å²) in [5, 5.41) is 18.8. The van der Waals surface area contributed by atoms with E-state index in [4.69, 9.17) is 0 Å². The number of β-lactam (4-membered cyclic amide) rings is 1. The predicted octanol–water partition coefficient (Wildman–Crippen LogP) is 2.25. The fraction of sp³-hybridized carbons (Fsp3) is 0.333. The van der Waals surface area contributed by atoms with Gasteiger partial charge in [0.25, 0.3) is 0 Å². The number of aryl methyl sites for hydroxylation is 1. The molecule has 5 nitrogen and oxygen atoms in total. The quantitative estimate of drug-likeness (QED) is 0.821. The van der Waals surface area contributed by atoms with Gasteiger partial charge in [-0.15, -0.1) is 0 Å². The van der Waals surface area contributed by atoms with Crippen LogP contribution in [0.25, 0.3) is 0 Å². The van der Waals surface area contributed by atoms with Gasteiger partial charge in [0.05, 0.1) is 16.3 Å². The Kier molecular flexibility index (Phi) is 3.96. The molecule has 0 aliphatic carbocycles. The summed E-state index contributed by atoms with van der Waals surface area (Å²) in [7, 11) is 0. The number of aliphatic hydroxyl groups is 1. The number of fused-ring (bicyclic) bond motifs is 1. The van der Waals surface area contributed by atoms with E-state index < -0.39 is 18.0 Å². The Bertz CT molecular complexity index is 686. The van der Waals surface area contributed by atoms with Crippen LogP contribution in [-0.4, -0.2) is 38.5 Å². The number of carboxylic acids is 1. The van der Waals surface area contributed by atoms with E-state index in [2.05, 4.69) is 0 Å². The zero-order valence-corrected chi connectivity index (χ0v) is 13.6. The number of aliphatic hydroxyl groups excluding tert-OH is 1. The Labute approximate surface area is 136 Å². The number of hydrogen-bond donors (Lipinski definition) is 2. The second kappa shape index (κ2) is 5.64. The van der Waals surface area contributed by atoms with Gasteiger partial charge in [0.2, 0.25) is 5.91 Å². The molecule has 3 rings (SSSR count). The van der Waals surface area contributed by atoms with E-state index in [0.29, 0.717) is 4.24 Å². The maximum atomic E-state index is 12.1. The highest BCUT2D eigenvalue weighted by Crippen LogP contribution is 2.55. The third-order valence-corrected chi connectivity index (χ3v) is 6.23. The van der Waals surface area contributed by atoms with Crippen molar-refractivity contribution in [3.8, 4) is 0 Å². The Morgan fingerprint density at radius 1 is 1.45 bits per heavy atom. The van der Waals surface area contributed by atoms with E-state index in [1.165, 1.54) is 28.4 Å². The van der Waals surface area contributed by atoms with E-state index in [-0.39, 0.29) is 17.0 Å². The maximum Gasteiger partial charge on any atom is 0.354 e. The second-order valence-electron chi connectivity index (χ2n) is 5.34. The van der Waals surface area contributed by atoms with Crippen LogP contribution >= 0.6 is 23.5 Å². The van der Waals surface area contributed by atoms with Crippen molar-refractivity contribution >= 4 is 35.4 Å². The average molecular weight is 337 g/mol. The number of carboxylic acid groups (broad SMARTS) is 1. The molecule has 2 aliphatic rings. The van der Waals surface area contributed by atoms with Gasteiger partial charge >= 0.3 is 5.97 Å². The lowest BCUT2D eigenvalue weighted by molar-refractivity contribution is -0.156. The molecule has 2 aliphatic heterocycles. The molecule has 2 heterocycles. The van der Waals surface area contributed by atoms with Crippen LogP contribution in [0, 0.1) is 12.8 Å². The van der Waals surface area contributed by atoms with Crippen LogP contribution in [0.2, 0.25) is 0 Å². The first-order valence-corrected chi connectivity index (χ1v) is 8.49. The molecular formula is C15H15NO4S2. The molecular weight excluding hydrogens is 322 g/mol. The molecule has 1 saturated heterocycles. The largest absolute Gasteiger partial charge is 0.477 e. The Morgan fingerprint density at radius 3 is 2.77 bits per heavy atom. The Balaban J connectivity index is 1.90. The van der Waals surface area contributed by atoms with Crippen LogP contribution in [0.3, 0.4) is 0 Å². The predicted molar refractivity (Wildman–Crippen MR) is 85.1 cm³/mol. The highest BCUT2D eigenvalue weighted by Gasteiger charge is 2.57. The van der Waals surface area contributed by atoms with Gasteiger partial charge in [-0.25, -0.2) is 4.79 Å². The van der Waals surface area contributed by atoms with E-state index in [0.717, 1.165) is 10.5 Å². The summed E-state index contributed by atoms with van der Waals surface area (Å²) in [5.41, 5.74) is 1.12. The van der Waals surface area contributed by atoms with Crippen molar-refractivity contribution in [1.82, 2.24) is 4.90 Å². The molecule has 0 spiro atoms. The molecule has 7 heteroatoms. The molecule has 116 valence electrons. The number of rotatable bonds is 4. The molecule has 0 bridgehead atoms. The minimum absolute atomic E-state index is 0.0309. The molecule has 22 heavy (non-hydrogen) atoms. The van der Waals surface area contributed by atoms with Gasteiger partial charge in [0, 0.05) is 4.90 Å². The van der Waals surface area contributed by atoms with Crippen molar-refractivity contribution in [1.29, 1.82) is 0 Å². The topological polar surface area (TPSA) is 77.8 Å². The highest BCUT2D eigenvalue weighted by atomic mass is 32.2. The number of nitrogens with zero attached hydrogens (tertiary/aromatic N) is 1. The fourth-order valence-corrected chi connectivity index (χ4v) is 5.59. The van der Waals surface area contributed by atoms with Crippen LogP contribution in [0.5, 0.6) is 0 Å². The van der Waals surface area contributed by atoms with Crippen LogP contribution < -0.4 is 0 Å². The highest BCUT2D eigenvalue weighted by molar-refractivity contribution is 8.22. The van der Waals surface area contributed by atoms with Crippen LogP contribution in [-0.2, 0) is 9.59 Å². The molecule has 0 unspecified atom stereocenters. The third-order valence-electron chi connectivity index (χ3n) is 3.67. The van der Waals surface area contributed by atoms with E-state index in [1.807, 2.05) is 31.2 Å². The maximum absolute atomic E-state index is 12.1. The molecule has 1 fully saturated rings. The second-order valence-corrected chi connectivity index (χ2v) is 7.81. The molecule has 0 aromatic heterocycles. The first-order valence-electron chi connectivity index (χ1n) is 6.80. The van der Waals surface area contributed by atoms with E-state index >= 15 is 0 Å². The lowest BCUT2D eigenvalue weighted by Crippen LogP contribution is -2.60. The lowest BCUT2D eigenvalue weighted by Gasteiger charge is -2.43. The number of benzene rings is 1. The number of aliphatic carboxylic acids is 1. The van der Waals surface area contributed by atoms with E-state index in [9.17, 15) is 19.8 Å². The van der Waals surface area contributed by atoms with Crippen LogP contribution in [0.15, 0.2) is 39.1 Å². The number of carbonyl (C=O) groups excluding carboxylic acids is 1. The van der Waals surface area contributed by atoms with Gasteiger partial charge in [0.1, 0.15) is 5.37 Å². The number of thioether (sulfide) groups is 2. The van der Waals surface area contributed by atoms with Crippen molar-refractivity contribution in [3.05, 3.63) is 39.8 Å². The molecule has 3 atom stereocenters. The van der Waals surface area contributed by atoms with Gasteiger partial charge in [-0.1, -0.05) is 41.2 Å². The van der Waals surface area contributed by atoms with Crippen molar-refractivity contribution < 1.29 is 19.8 Å². The number of hydrogen-bond acceptors (Lipinski definition) is 5. The molecule has 1 amide bonds. The first-order chi connectivity index (χ1) is 10.4.